The number of nitrogens with zero attached hydrogens (tertiary/aromatic N) is 3. The van der Waals surface area contributed by atoms with Crippen LogP contribution in [0.2, 0.25) is 5.02 Å². The summed E-state index contributed by atoms with van der Waals surface area (Å²) in [6.07, 6.45) is 1.70. The van der Waals surface area contributed by atoms with Gasteiger partial charge in [0.2, 0.25) is 5.91 Å². The molecule has 6 nitrogen and oxygen atoms in total. The van der Waals surface area contributed by atoms with Gasteiger partial charge >= 0.3 is 0 Å². The van der Waals surface area contributed by atoms with E-state index in [0.29, 0.717) is 23.1 Å². The zero-order valence-electron chi connectivity index (χ0n) is 18.6. The van der Waals surface area contributed by atoms with Crippen molar-refractivity contribution in [2.75, 3.05) is 23.3 Å². The summed E-state index contributed by atoms with van der Waals surface area (Å²) in [5.74, 6) is 0.532. The second-order valence-electron chi connectivity index (χ2n) is 8.53. The zero-order valence-corrected chi connectivity index (χ0v) is 19.3. The summed E-state index contributed by atoms with van der Waals surface area (Å²) in [4.78, 5) is 27.5. The third-order valence-electron chi connectivity index (χ3n) is 5.79. The van der Waals surface area contributed by atoms with Crippen molar-refractivity contribution in [2.45, 2.75) is 33.6 Å². The highest BCUT2D eigenvalue weighted by atomic mass is 35.5. The number of carbonyl (C=O) groups excluding carboxylic acids is 1. The van der Waals surface area contributed by atoms with Gasteiger partial charge in [0.25, 0.3) is 5.56 Å². The Balaban J connectivity index is 1.53. The Morgan fingerprint density at radius 3 is 2.53 bits per heavy atom. The molecule has 0 radical (unpaired) electrons. The second kappa shape index (κ2) is 9.17. The van der Waals surface area contributed by atoms with Gasteiger partial charge in [0, 0.05) is 29.9 Å². The first-order chi connectivity index (χ1) is 15.3. The van der Waals surface area contributed by atoms with Gasteiger partial charge in [-0.25, -0.2) is 0 Å². The molecule has 1 saturated heterocycles. The Bertz CT molecular complexity index is 1200. The van der Waals surface area contributed by atoms with Gasteiger partial charge in [-0.05, 0) is 80.6 Å². The molecule has 7 heteroatoms. The summed E-state index contributed by atoms with van der Waals surface area (Å²) in [5, 5.41) is 8.23. The van der Waals surface area contributed by atoms with Crippen molar-refractivity contribution >= 4 is 29.0 Å². The fourth-order valence-corrected chi connectivity index (χ4v) is 4.33. The van der Waals surface area contributed by atoms with Crippen LogP contribution in [0, 0.1) is 26.7 Å². The first-order valence-electron chi connectivity index (χ1n) is 10.8. The minimum Gasteiger partial charge on any atom is -0.354 e. The van der Waals surface area contributed by atoms with Gasteiger partial charge in [0.05, 0.1) is 11.6 Å². The summed E-state index contributed by atoms with van der Waals surface area (Å²) >= 11 is 6.25. The van der Waals surface area contributed by atoms with Crippen LogP contribution < -0.4 is 15.8 Å². The molecule has 1 aliphatic rings. The summed E-state index contributed by atoms with van der Waals surface area (Å²) < 4.78 is 1.36. The van der Waals surface area contributed by atoms with E-state index in [-0.39, 0.29) is 17.4 Å². The topological polar surface area (TPSA) is 67.2 Å². The molecule has 0 spiro atoms. The second-order valence-corrected chi connectivity index (χ2v) is 8.93. The molecule has 0 unspecified atom stereocenters. The van der Waals surface area contributed by atoms with Gasteiger partial charge in [-0.15, -0.1) is 5.10 Å². The lowest BCUT2D eigenvalue weighted by Gasteiger charge is -2.33. The molecule has 1 fully saturated rings. The Hall–Kier alpha value is -3.12. The van der Waals surface area contributed by atoms with Crippen LogP contribution >= 0.6 is 11.6 Å². The van der Waals surface area contributed by atoms with E-state index in [9.17, 15) is 9.59 Å². The highest BCUT2D eigenvalue weighted by Gasteiger charge is 2.27. The predicted molar refractivity (Wildman–Crippen MR) is 129 cm³/mol. The van der Waals surface area contributed by atoms with E-state index < -0.39 is 0 Å². The SMILES string of the molecule is Cc1cc(C)cc(NC(=O)[C@@H]2CCCN(c3ccc(=O)n(-c4ccc(C)c(Cl)c4)n3)C2)c1. The van der Waals surface area contributed by atoms with E-state index in [0.717, 1.165) is 41.8 Å². The maximum atomic E-state index is 13.0. The van der Waals surface area contributed by atoms with Gasteiger partial charge in [-0.3, -0.25) is 9.59 Å². The highest BCUT2D eigenvalue weighted by molar-refractivity contribution is 6.31. The number of piperidine rings is 1. The van der Waals surface area contributed by atoms with E-state index in [2.05, 4.69) is 21.4 Å². The molecule has 1 N–H and O–H groups in total. The lowest BCUT2D eigenvalue weighted by molar-refractivity contribution is -0.120. The quantitative estimate of drug-likeness (QED) is 0.627. The summed E-state index contributed by atoms with van der Waals surface area (Å²) in [5.41, 5.74) is 4.39. The number of aryl methyl sites for hydroxylation is 3. The standard InChI is InChI=1S/C25H27ClN4O2/c1-16-11-17(2)13-20(12-16)27-25(32)19-5-4-10-29(15-19)23-8-9-24(31)30(28-23)21-7-6-18(3)22(26)14-21/h6-9,11-14,19H,4-5,10,15H2,1-3H3,(H,27,32)/t19-/m1/s1. The van der Waals surface area contributed by atoms with Gasteiger partial charge in [0.1, 0.15) is 5.82 Å². The third-order valence-corrected chi connectivity index (χ3v) is 6.20. The fourth-order valence-electron chi connectivity index (χ4n) is 4.16. The number of hydrogen-bond donors (Lipinski definition) is 1. The number of halogens is 1. The van der Waals surface area contributed by atoms with Crippen molar-refractivity contribution < 1.29 is 4.79 Å². The average Bonchev–Trinajstić information content (AvgIpc) is 2.75. The summed E-state index contributed by atoms with van der Waals surface area (Å²) in [7, 11) is 0. The minimum absolute atomic E-state index is 0.0123. The molecule has 1 amide bonds. The third kappa shape index (κ3) is 4.86. The van der Waals surface area contributed by atoms with Crippen LogP contribution in [-0.4, -0.2) is 28.8 Å². The molecule has 1 aliphatic heterocycles. The molecule has 2 aromatic carbocycles. The number of benzene rings is 2. The lowest BCUT2D eigenvalue weighted by Crippen LogP contribution is -2.41. The zero-order chi connectivity index (χ0) is 22.8. The van der Waals surface area contributed by atoms with Crippen LogP contribution in [0.5, 0.6) is 0 Å². The Morgan fingerprint density at radius 1 is 1.06 bits per heavy atom. The van der Waals surface area contributed by atoms with E-state index in [1.54, 1.807) is 12.1 Å². The first-order valence-corrected chi connectivity index (χ1v) is 11.2. The maximum Gasteiger partial charge on any atom is 0.271 e. The van der Waals surface area contributed by atoms with Gasteiger partial charge in [0.15, 0.2) is 0 Å². The van der Waals surface area contributed by atoms with Crippen molar-refractivity contribution in [2.24, 2.45) is 5.92 Å². The number of rotatable bonds is 4. The molecule has 2 heterocycles. The van der Waals surface area contributed by atoms with Crippen molar-refractivity contribution in [3.63, 3.8) is 0 Å². The van der Waals surface area contributed by atoms with Crippen LogP contribution in [0.25, 0.3) is 5.69 Å². The van der Waals surface area contributed by atoms with Gasteiger partial charge < -0.3 is 10.2 Å². The van der Waals surface area contributed by atoms with Crippen LogP contribution in [0.15, 0.2) is 53.3 Å². The van der Waals surface area contributed by atoms with E-state index in [1.165, 1.54) is 10.7 Å². The summed E-state index contributed by atoms with van der Waals surface area (Å²) in [6, 6.07) is 14.7. The van der Waals surface area contributed by atoms with E-state index >= 15 is 0 Å². The Kier molecular flexibility index (Phi) is 6.33. The molecular formula is C25H27ClN4O2. The summed E-state index contributed by atoms with van der Waals surface area (Å²) in [6.45, 7) is 7.29. The highest BCUT2D eigenvalue weighted by Crippen LogP contribution is 2.24. The lowest BCUT2D eigenvalue weighted by atomic mass is 9.97. The number of aromatic nitrogens is 2. The van der Waals surface area contributed by atoms with Crippen LogP contribution in [0.1, 0.15) is 29.5 Å². The smallest absolute Gasteiger partial charge is 0.271 e. The van der Waals surface area contributed by atoms with Gasteiger partial charge in [-0.1, -0.05) is 23.7 Å². The van der Waals surface area contributed by atoms with E-state index in [1.807, 2.05) is 45.0 Å². The molecule has 0 aliphatic carbocycles. The van der Waals surface area contributed by atoms with Gasteiger partial charge in [-0.2, -0.15) is 4.68 Å². The molecule has 3 aromatic rings. The van der Waals surface area contributed by atoms with Crippen molar-refractivity contribution in [3.05, 3.63) is 80.6 Å². The molecule has 1 atom stereocenters. The van der Waals surface area contributed by atoms with Crippen molar-refractivity contribution in [1.82, 2.24) is 9.78 Å². The monoisotopic (exact) mass is 450 g/mol. The Morgan fingerprint density at radius 2 is 1.81 bits per heavy atom. The minimum atomic E-state index is -0.227. The number of hydrogen-bond acceptors (Lipinski definition) is 4. The largest absolute Gasteiger partial charge is 0.354 e. The normalized spacial score (nSPS) is 16.1. The van der Waals surface area contributed by atoms with Crippen LogP contribution in [-0.2, 0) is 4.79 Å². The van der Waals surface area contributed by atoms with Crippen LogP contribution in [0.4, 0.5) is 11.5 Å². The van der Waals surface area contributed by atoms with Crippen molar-refractivity contribution in [3.8, 4) is 5.69 Å². The first kappa shape index (κ1) is 22.1. The molecule has 0 saturated carbocycles. The fraction of sp³-hybridized carbons (Fsp3) is 0.320. The molecule has 4 rings (SSSR count). The predicted octanol–water partition coefficient (Wildman–Crippen LogP) is 4.67. The molecular weight excluding hydrogens is 424 g/mol. The number of carbonyl (C=O) groups is 1. The molecule has 32 heavy (non-hydrogen) atoms. The maximum absolute atomic E-state index is 13.0. The molecule has 0 bridgehead atoms. The number of nitrogens with one attached hydrogen (secondary N) is 1. The Labute approximate surface area is 192 Å². The average molecular weight is 451 g/mol. The number of amides is 1. The van der Waals surface area contributed by atoms with Crippen molar-refractivity contribution in [1.29, 1.82) is 0 Å². The molecule has 166 valence electrons. The molecule has 1 aromatic heterocycles. The van der Waals surface area contributed by atoms with E-state index in [4.69, 9.17) is 11.6 Å². The number of anilines is 2. The van der Waals surface area contributed by atoms with Crippen LogP contribution in [0.3, 0.4) is 0 Å².